The first-order chi connectivity index (χ1) is 12.1. The van der Waals surface area contributed by atoms with Crippen LogP contribution in [0.3, 0.4) is 0 Å². The lowest BCUT2D eigenvalue weighted by molar-refractivity contribution is 0.0661. The second kappa shape index (κ2) is 7.09. The van der Waals surface area contributed by atoms with E-state index >= 15 is 0 Å². The maximum Gasteiger partial charge on any atom is 0.371 e. The van der Waals surface area contributed by atoms with Crippen LogP contribution in [-0.2, 0) is 6.61 Å². The topological polar surface area (TPSA) is 81.8 Å². The summed E-state index contributed by atoms with van der Waals surface area (Å²) in [4.78, 5) is 15.3. The highest BCUT2D eigenvalue weighted by Crippen LogP contribution is 2.23. The summed E-state index contributed by atoms with van der Waals surface area (Å²) >= 11 is 0. The van der Waals surface area contributed by atoms with Crippen LogP contribution >= 0.6 is 0 Å². The van der Waals surface area contributed by atoms with Crippen molar-refractivity contribution in [3.05, 3.63) is 65.7 Å². The number of aromatic nitrogens is 1. The number of furan rings is 1. The summed E-state index contributed by atoms with van der Waals surface area (Å²) in [5.41, 5.74) is 2.49. The van der Waals surface area contributed by atoms with Gasteiger partial charge in [-0.25, -0.2) is 4.79 Å². The van der Waals surface area contributed by atoms with Crippen LogP contribution in [0.4, 0.5) is 0 Å². The lowest BCUT2D eigenvalue weighted by atomic mass is 10.1. The van der Waals surface area contributed by atoms with Crippen molar-refractivity contribution in [2.24, 2.45) is 0 Å². The summed E-state index contributed by atoms with van der Waals surface area (Å²) in [5.74, 6) is 0.721. The molecule has 0 bridgehead atoms. The molecule has 0 aliphatic carbocycles. The number of pyridine rings is 1. The van der Waals surface area contributed by atoms with Crippen LogP contribution in [-0.4, -0.2) is 23.2 Å². The summed E-state index contributed by atoms with van der Waals surface area (Å²) < 4.78 is 16.0. The first-order valence-corrected chi connectivity index (χ1v) is 7.62. The number of aryl methyl sites for hydroxylation is 1. The molecule has 1 N–H and O–H groups in total. The Balaban J connectivity index is 1.67. The van der Waals surface area contributed by atoms with E-state index in [2.05, 4.69) is 4.98 Å². The average molecular weight is 339 g/mol. The van der Waals surface area contributed by atoms with E-state index in [0.29, 0.717) is 17.1 Å². The smallest absolute Gasteiger partial charge is 0.371 e. The molecule has 3 aromatic rings. The summed E-state index contributed by atoms with van der Waals surface area (Å²) in [6.07, 6.45) is 1.63. The standard InChI is InChI=1S/C19H17NO5/c1-12-14(9-18(25-12)19(21)22)11-24-16-7-8-17(20-10-16)13-3-5-15(23-2)6-4-13/h3-10H,11H2,1-2H3,(H,21,22). The lowest BCUT2D eigenvalue weighted by Gasteiger charge is -2.07. The van der Waals surface area contributed by atoms with Crippen molar-refractivity contribution >= 4 is 5.97 Å². The molecule has 0 radical (unpaired) electrons. The van der Waals surface area contributed by atoms with E-state index in [0.717, 1.165) is 17.0 Å². The minimum absolute atomic E-state index is 0.0934. The number of carbonyl (C=O) groups is 1. The molecule has 0 atom stereocenters. The number of ether oxygens (including phenoxy) is 2. The van der Waals surface area contributed by atoms with Crippen LogP contribution in [0, 0.1) is 6.92 Å². The first kappa shape index (κ1) is 16.6. The summed E-state index contributed by atoms with van der Waals surface area (Å²) in [6.45, 7) is 1.92. The van der Waals surface area contributed by atoms with Crippen LogP contribution < -0.4 is 9.47 Å². The Hall–Kier alpha value is -3.28. The van der Waals surface area contributed by atoms with Crippen molar-refractivity contribution in [1.29, 1.82) is 0 Å². The first-order valence-electron chi connectivity index (χ1n) is 7.62. The number of carboxylic acids is 1. The fourth-order valence-corrected chi connectivity index (χ4v) is 2.33. The maximum atomic E-state index is 10.9. The Labute approximate surface area is 144 Å². The molecule has 0 unspecified atom stereocenters. The third-order valence-corrected chi connectivity index (χ3v) is 3.75. The van der Waals surface area contributed by atoms with Crippen LogP contribution in [0.5, 0.6) is 11.5 Å². The molecule has 0 saturated carbocycles. The molecule has 6 heteroatoms. The fraction of sp³-hybridized carbons (Fsp3) is 0.158. The molecule has 1 aromatic carbocycles. The van der Waals surface area contributed by atoms with Crippen molar-refractivity contribution < 1.29 is 23.8 Å². The number of nitrogens with zero attached hydrogens (tertiary/aromatic N) is 1. The summed E-state index contributed by atoms with van der Waals surface area (Å²) in [7, 11) is 1.63. The minimum atomic E-state index is -1.10. The van der Waals surface area contributed by atoms with Gasteiger partial charge in [0.25, 0.3) is 0 Å². The molecule has 0 spiro atoms. The zero-order chi connectivity index (χ0) is 17.8. The Morgan fingerprint density at radius 2 is 1.88 bits per heavy atom. The Morgan fingerprint density at radius 3 is 2.44 bits per heavy atom. The minimum Gasteiger partial charge on any atom is -0.497 e. The van der Waals surface area contributed by atoms with Gasteiger partial charge in [0.1, 0.15) is 23.9 Å². The van der Waals surface area contributed by atoms with Gasteiger partial charge in [-0.3, -0.25) is 4.98 Å². The van der Waals surface area contributed by atoms with Crippen molar-refractivity contribution in [2.45, 2.75) is 13.5 Å². The van der Waals surface area contributed by atoms with Crippen LogP contribution in [0.1, 0.15) is 21.9 Å². The number of rotatable bonds is 6. The average Bonchev–Trinajstić information content (AvgIpc) is 3.02. The maximum absolute atomic E-state index is 10.9. The third-order valence-electron chi connectivity index (χ3n) is 3.75. The molecule has 2 aromatic heterocycles. The van der Waals surface area contributed by atoms with E-state index in [1.54, 1.807) is 20.2 Å². The number of methoxy groups -OCH3 is 1. The van der Waals surface area contributed by atoms with Gasteiger partial charge < -0.3 is 19.0 Å². The predicted molar refractivity (Wildman–Crippen MR) is 91.0 cm³/mol. The van der Waals surface area contributed by atoms with Crippen molar-refractivity contribution in [3.8, 4) is 22.8 Å². The molecular weight excluding hydrogens is 322 g/mol. The Bertz CT molecular complexity index is 866. The van der Waals surface area contributed by atoms with Crippen LogP contribution in [0.2, 0.25) is 0 Å². The van der Waals surface area contributed by atoms with Gasteiger partial charge in [0.05, 0.1) is 19.0 Å². The summed E-state index contributed by atoms with van der Waals surface area (Å²) in [6, 6.07) is 12.8. The van der Waals surface area contributed by atoms with Crippen LogP contribution in [0.25, 0.3) is 11.3 Å². The molecule has 3 rings (SSSR count). The van der Waals surface area contributed by atoms with Crippen molar-refractivity contribution in [2.75, 3.05) is 7.11 Å². The van der Waals surface area contributed by atoms with Gasteiger partial charge in [-0.05, 0) is 49.4 Å². The van der Waals surface area contributed by atoms with E-state index in [4.69, 9.17) is 19.0 Å². The summed E-state index contributed by atoms with van der Waals surface area (Å²) in [5, 5.41) is 8.93. The molecule has 0 aliphatic heterocycles. The van der Waals surface area contributed by atoms with Crippen molar-refractivity contribution in [3.63, 3.8) is 0 Å². The van der Waals surface area contributed by atoms with Gasteiger partial charge in [0.2, 0.25) is 5.76 Å². The molecule has 0 fully saturated rings. The molecule has 0 saturated heterocycles. The largest absolute Gasteiger partial charge is 0.497 e. The monoisotopic (exact) mass is 339 g/mol. The molecule has 6 nitrogen and oxygen atoms in total. The van der Waals surface area contributed by atoms with Gasteiger partial charge in [-0.2, -0.15) is 0 Å². The number of hydrogen-bond acceptors (Lipinski definition) is 5. The second-order valence-corrected chi connectivity index (χ2v) is 5.39. The highest BCUT2D eigenvalue weighted by atomic mass is 16.5. The zero-order valence-corrected chi connectivity index (χ0v) is 13.9. The quantitative estimate of drug-likeness (QED) is 0.732. The van der Waals surface area contributed by atoms with Gasteiger partial charge in [0.15, 0.2) is 0 Å². The molecule has 128 valence electrons. The van der Waals surface area contributed by atoms with Gasteiger partial charge >= 0.3 is 5.97 Å². The number of benzene rings is 1. The van der Waals surface area contributed by atoms with Gasteiger partial charge in [-0.1, -0.05) is 0 Å². The van der Waals surface area contributed by atoms with E-state index in [1.807, 2.05) is 36.4 Å². The highest BCUT2D eigenvalue weighted by molar-refractivity contribution is 5.84. The lowest BCUT2D eigenvalue weighted by Crippen LogP contribution is -1.97. The van der Waals surface area contributed by atoms with Gasteiger partial charge in [0, 0.05) is 11.1 Å². The number of hydrogen-bond donors (Lipinski definition) is 1. The van der Waals surface area contributed by atoms with E-state index in [9.17, 15) is 4.79 Å². The van der Waals surface area contributed by atoms with E-state index in [1.165, 1.54) is 6.07 Å². The predicted octanol–water partition coefficient (Wildman–Crippen LogP) is 3.94. The number of carboxylic acid groups (broad SMARTS) is 1. The molecule has 2 heterocycles. The van der Waals surface area contributed by atoms with Crippen LogP contribution in [0.15, 0.2) is 53.1 Å². The second-order valence-electron chi connectivity index (χ2n) is 5.39. The van der Waals surface area contributed by atoms with E-state index < -0.39 is 5.97 Å². The molecule has 25 heavy (non-hydrogen) atoms. The third kappa shape index (κ3) is 3.80. The fourth-order valence-electron chi connectivity index (χ4n) is 2.33. The highest BCUT2D eigenvalue weighted by Gasteiger charge is 2.13. The molecular formula is C19H17NO5. The van der Waals surface area contributed by atoms with E-state index in [-0.39, 0.29) is 12.4 Å². The zero-order valence-electron chi connectivity index (χ0n) is 13.9. The molecule has 0 aliphatic rings. The Kier molecular flexibility index (Phi) is 4.70. The van der Waals surface area contributed by atoms with Gasteiger partial charge in [-0.15, -0.1) is 0 Å². The number of aromatic carboxylic acids is 1. The van der Waals surface area contributed by atoms with Crippen molar-refractivity contribution in [1.82, 2.24) is 4.98 Å². The Morgan fingerprint density at radius 1 is 1.16 bits per heavy atom. The molecule has 0 amide bonds. The normalized spacial score (nSPS) is 10.5. The SMILES string of the molecule is COc1ccc(-c2ccc(OCc3cc(C(=O)O)oc3C)cn2)cc1.